The molecule has 1 aliphatic rings. The third kappa shape index (κ3) is 3.69. The Balaban J connectivity index is 1.73. The number of carbonyl (C=O) groups is 1. The van der Waals surface area contributed by atoms with Crippen molar-refractivity contribution >= 4 is 5.91 Å². The monoisotopic (exact) mass is 358 g/mol. The second kappa shape index (κ2) is 7.02. The van der Waals surface area contributed by atoms with Crippen molar-refractivity contribution in [2.45, 2.75) is 45.6 Å². The molecule has 0 saturated heterocycles. The van der Waals surface area contributed by atoms with Gasteiger partial charge in [0.1, 0.15) is 23.0 Å². The number of hydrogen-bond acceptors (Lipinski definition) is 5. The number of fused-ring (bicyclic) bond motifs is 1. The number of carbonyl (C=O) groups excluding carboxylic acids is 1. The second-order valence-electron chi connectivity index (χ2n) is 7.56. The van der Waals surface area contributed by atoms with E-state index in [-0.39, 0.29) is 17.7 Å². The standard InChI is InChI=1S/C20H26N2O4/c1-20(2,3)19-21-15-12-22(9-8-16(15)26-19)18(23)10-13-6-7-14(24-4)11-17(13)25-5/h6-7,11H,8-10,12H2,1-5H3. The molecular formula is C20H26N2O4. The summed E-state index contributed by atoms with van der Waals surface area (Å²) in [5.41, 5.74) is 1.58. The minimum atomic E-state index is -0.136. The van der Waals surface area contributed by atoms with E-state index < -0.39 is 0 Å². The first-order valence-electron chi connectivity index (χ1n) is 8.79. The molecule has 0 bridgehead atoms. The van der Waals surface area contributed by atoms with E-state index >= 15 is 0 Å². The van der Waals surface area contributed by atoms with Crippen molar-refractivity contribution in [1.82, 2.24) is 9.88 Å². The highest BCUT2D eigenvalue weighted by Crippen LogP contribution is 2.29. The number of ether oxygens (including phenoxy) is 2. The predicted molar refractivity (Wildman–Crippen MR) is 97.6 cm³/mol. The summed E-state index contributed by atoms with van der Waals surface area (Å²) in [6.45, 7) is 7.35. The van der Waals surface area contributed by atoms with E-state index in [1.807, 2.05) is 17.0 Å². The van der Waals surface area contributed by atoms with E-state index in [2.05, 4.69) is 25.8 Å². The molecule has 0 atom stereocenters. The molecule has 0 unspecified atom stereocenters. The zero-order valence-electron chi connectivity index (χ0n) is 16.1. The molecule has 0 N–H and O–H groups in total. The molecule has 140 valence electrons. The zero-order chi connectivity index (χ0) is 18.9. The number of benzene rings is 1. The van der Waals surface area contributed by atoms with Crippen molar-refractivity contribution in [2.75, 3.05) is 20.8 Å². The zero-order valence-corrected chi connectivity index (χ0v) is 16.1. The van der Waals surface area contributed by atoms with Crippen LogP contribution in [0.2, 0.25) is 0 Å². The van der Waals surface area contributed by atoms with Crippen molar-refractivity contribution in [3.05, 3.63) is 41.1 Å². The Morgan fingerprint density at radius 2 is 2.04 bits per heavy atom. The Morgan fingerprint density at radius 3 is 2.69 bits per heavy atom. The number of rotatable bonds is 4. The van der Waals surface area contributed by atoms with Gasteiger partial charge in [0.2, 0.25) is 5.91 Å². The normalized spacial score (nSPS) is 14.1. The molecule has 6 heteroatoms. The molecular weight excluding hydrogens is 332 g/mol. The summed E-state index contributed by atoms with van der Waals surface area (Å²) < 4.78 is 16.5. The molecule has 0 saturated carbocycles. The number of methoxy groups -OCH3 is 2. The maximum atomic E-state index is 12.8. The van der Waals surface area contributed by atoms with Gasteiger partial charge in [-0.25, -0.2) is 4.98 Å². The summed E-state index contributed by atoms with van der Waals surface area (Å²) in [5.74, 6) is 3.05. The Morgan fingerprint density at radius 1 is 1.27 bits per heavy atom. The van der Waals surface area contributed by atoms with Crippen LogP contribution in [0.5, 0.6) is 11.5 Å². The van der Waals surface area contributed by atoms with Crippen LogP contribution in [0.1, 0.15) is 43.7 Å². The number of aromatic nitrogens is 1. The summed E-state index contributed by atoms with van der Waals surface area (Å²) in [7, 11) is 3.20. The third-order valence-corrected chi connectivity index (χ3v) is 4.56. The molecule has 1 aliphatic heterocycles. The summed E-state index contributed by atoms with van der Waals surface area (Å²) in [5, 5.41) is 0. The molecule has 0 aliphatic carbocycles. The smallest absolute Gasteiger partial charge is 0.227 e. The molecule has 2 aromatic rings. The Labute approximate surface area is 154 Å². The van der Waals surface area contributed by atoms with Gasteiger partial charge in [-0.2, -0.15) is 0 Å². The average molecular weight is 358 g/mol. The Kier molecular flexibility index (Phi) is 4.94. The molecule has 1 aromatic carbocycles. The maximum Gasteiger partial charge on any atom is 0.227 e. The van der Waals surface area contributed by atoms with E-state index in [0.29, 0.717) is 31.0 Å². The van der Waals surface area contributed by atoms with Gasteiger partial charge in [0.05, 0.1) is 27.2 Å². The fourth-order valence-corrected chi connectivity index (χ4v) is 3.00. The van der Waals surface area contributed by atoms with Crippen LogP contribution >= 0.6 is 0 Å². The summed E-state index contributed by atoms with van der Waals surface area (Å²) in [4.78, 5) is 19.2. The lowest BCUT2D eigenvalue weighted by Crippen LogP contribution is -2.36. The van der Waals surface area contributed by atoms with Gasteiger partial charge in [-0.1, -0.05) is 26.8 Å². The van der Waals surface area contributed by atoms with Crippen molar-refractivity contribution in [2.24, 2.45) is 0 Å². The average Bonchev–Trinajstić information content (AvgIpc) is 3.05. The lowest BCUT2D eigenvalue weighted by Gasteiger charge is -2.25. The quantitative estimate of drug-likeness (QED) is 0.840. The second-order valence-corrected chi connectivity index (χ2v) is 7.56. The molecule has 6 nitrogen and oxygen atoms in total. The number of nitrogens with zero attached hydrogens (tertiary/aromatic N) is 2. The van der Waals surface area contributed by atoms with Gasteiger partial charge < -0.3 is 18.8 Å². The molecule has 2 heterocycles. The van der Waals surface area contributed by atoms with Crippen LogP contribution in [0.25, 0.3) is 0 Å². The first-order chi connectivity index (χ1) is 12.3. The van der Waals surface area contributed by atoms with Crippen LogP contribution in [0.3, 0.4) is 0 Å². The topological polar surface area (TPSA) is 64.8 Å². The van der Waals surface area contributed by atoms with Crippen molar-refractivity contribution < 1.29 is 18.7 Å². The van der Waals surface area contributed by atoms with Crippen molar-refractivity contribution in [3.8, 4) is 11.5 Å². The van der Waals surface area contributed by atoms with Gasteiger partial charge >= 0.3 is 0 Å². The van der Waals surface area contributed by atoms with Gasteiger partial charge in [0.25, 0.3) is 0 Å². The fraction of sp³-hybridized carbons (Fsp3) is 0.500. The molecule has 0 radical (unpaired) electrons. The molecule has 1 aromatic heterocycles. The maximum absolute atomic E-state index is 12.8. The number of amides is 1. The third-order valence-electron chi connectivity index (χ3n) is 4.56. The van der Waals surface area contributed by atoms with E-state index in [1.165, 1.54) is 0 Å². The van der Waals surface area contributed by atoms with Gasteiger partial charge in [0, 0.05) is 30.0 Å². The first-order valence-corrected chi connectivity index (χ1v) is 8.79. The highest BCUT2D eigenvalue weighted by Gasteiger charge is 2.29. The summed E-state index contributed by atoms with van der Waals surface area (Å²) >= 11 is 0. The molecule has 0 fully saturated rings. The lowest BCUT2D eigenvalue weighted by molar-refractivity contribution is -0.131. The molecule has 26 heavy (non-hydrogen) atoms. The highest BCUT2D eigenvalue weighted by atomic mass is 16.5. The van der Waals surface area contributed by atoms with Crippen LogP contribution in [0, 0.1) is 0 Å². The fourth-order valence-electron chi connectivity index (χ4n) is 3.00. The van der Waals surface area contributed by atoms with Gasteiger partial charge in [-0.15, -0.1) is 0 Å². The lowest BCUT2D eigenvalue weighted by atomic mass is 9.97. The van der Waals surface area contributed by atoms with Crippen molar-refractivity contribution in [1.29, 1.82) is 0 Å². The minimum absolute atomic E-state index is 0.0550. The molecule has 1 amide bonds. The largest absolute Gasteiger partial charge is 0.497 e. The van der Waals surface area contributed by atoms with Crippen LogP contribution in [-0.2, 0) is 29.6 Å². The molecule has 0 spiro atoms. The van der Waals surface area contributed by atoms with Crippen LogP contribution in [-0.4, -0.2) is 36.6 Å². The van der Waals surface area contributed by atoms with E-state index in [9.17, 15) is 4.79 Å². The van der Waals surface area contributed by atoms with Gasteiger partial charge in [-0.05, 0) is 6.07 Å². The summed E-state index contributed by atoms with van der Waals surface area (Å²) in [6.07, 6.45) is 0.983. The van der Waals surface area contributed by atoms with E-state index in [4.69, 9.17) is 13.9 Å². The van der Waals surface area contributed by atoms with E-state index in [0.717, 1.165) is 22.9 Å². The van der Waals surface area contributed by atoms with Crippen LogP contribution < -0.4 is 9.47 Å². The van der Waals surface area contributed by atoms with Gasteiger partial charge in [-0.3, -0.25) is 4.79 Å². The van der Waals surface area contributed by atoms with Crippen LogP contribution in [0.15, 0.2) is 22.6 Å². The highest BCUT2D eigenvalue weighted by molar-refractivity contribution is 5.79. The molecule has 3 rings (SSSR count). The first kappa shape index (κ1) is 18.3. The predicted octanol–water partition coefficient (Wildman–Crippen LogP) is 3.12. The van der Waals surface area contributed by atoms with E-state index in [1.54, 1.807) is 20.3 Å². The minimum Gasteiger partial charge on any atom is -0.497 e. The number of hydrogen-bond donors (Lipinski definition) is 0. The summed E-state index contributed by atoms with van der Waals surface area (Å²) in [6, 6.07) is 5.51. The van der Waals surface area contributed by atoms with Gasteiger partial charge in [0.15, 0.2) is 5.89 Å². The van der Waals surface area contributed by atoms with Crippen LogP contribution in [0.4, 0.5) is 0 Å². The number of oxazole rings is 1. The Hall–Kier alpha value is -2.50. The van der Waals surface area contributed by atoms with Crippen molar-refractivity contribution in [3.63, 3.8) is 0 Å². The Bertz CT molecular complexity index is 805. The SMILES string of the molecule is COc1ccc(CC(=O)N2CCc3oc(C(C)(C)C)nc3C2)c(OC)c1.